The minimum absolute atomic E-state index is 0.0106. The second kappa shape index (κ2) is 27.0. The summed E-state index contributed by atoms with van der Waals surface area (Å²) >= 11 is 5.69. The molecule has 13 nitrogen and oxygen atoms in total. The molecule has 6 aliphatic rings. The molecule has 0 saturated carbocycles. The van der Waals surface area contributed by atoms with Crippen molar-refractivity contribution in [3.8, 4) is 34.6 Å². The van der Waals surface area contributed by atoms with Gasteiger partial charge in [0.15, 0.2) is 34.7 Å². The van der Waals surface area contributed by atoms with Crippen molar-refractivity contribution >= 4 is 11.6 Å². The van der Waals surface area contributed by atoms with Crippen molar-refractivity contribution in [3.05, 3.63) is 170 Å². The molecule has 5 aromatic carbocycles. The number of alkyl halides is 6. The van der Waals surface area contributed by atoms with E-state index in [1.54, 1.807) is 45.9 Å². The molecule has 0 unspecified atom stereocenters. The molecule has 12 N–H and O–H groups in total. The molecule has 0 radical (unpaired) electrons. The first-order chi connectivity index (χ1) is 42.2. The number of nitrogens with two attached hydrogens (primary N) is 6. The van der Waals surface area contributed by atoms with E-state index in [-0.39, 0.29) is 87.2 Å². The molecule has 92 heavy (non-hydrogen) atoms. The topological polar surface area (TPSA) is 224 Å². The van der Waals surface area contributed by atoms with Crippen molar-refractivity contribution in [2.24, 2.45) is 34.4 Å². The lowest BCUT2D eigenvalue weighted by Crippen LogP contribution is -2.38. The third-order valence-corrected chi connectivity index (χ3v) is 15.9. The zero-order valence-corrected chi connectivity index (χ0v) is 54.0. The number of hydrogen-bond acceptors (Lipinski definition) is 13. The van der Waals surface area contributed by atoms with Gasteiger partial charge < -0.3 is 62.8 Å². The third kappa shape index (κ3) is 18.2. The summed E-state index contributed by atoms with van der Waals surface area (Å²) < 4.78 is 175. The summed E-state index contributed by atoms with van der Waals surface area (Å²) in [6.07, 6.45) is -5.01. The van der Waals surface area contributed by atoms with Crippen LogP contribution in [0.25, 0.3) is 0 Å². The lowest BCUT2D eigenvalue weighted by molar-refractivity contribution is -0.141. The summed E-state index contributed by atoms with van der Waals surface area (Å²) in [5.41, 5.74) is 35.0. The van der Waals surface area contributed by atoms with Gasteiger partial charge in [0.2, 0.25) is 11.7 Å². The van der Waals surface area contributed by atoms with Gasteiger partial charge in [0.1, 0.15) is 56.6 Å². The molecule has 6 aromatic rings. The van der Waals surface area contributed by atoms with Crippen LogP contribution in [0.3, 0.4) is 0 Å². The number of ether oxygens (including phenoxy) is 6. The fourth-order valence-electron chi connectivity index (χ4n) is 11.6. The van der Waals surface area contributed by atoms with Gasteiger partial charge in [-0.3, -0.25) is 0 Å². The number of pyridine rings is 1. The first-order valence-corrected chi connectivity index (χ1v) is 30.0. The summed E-state index contributed by atoms with van der Waals surface area (Å²) in [6.45, 7) is 22.4. The maximum absolute atomic E-state index is 13.7. The molecule has 0 fully saturated rings. The molecule has 1 aromatic heterocycles. The Morgan fingerprint density at radius 3 is 1.33 bits per heavy atom. The highest BCUT2D eigenvalue weighted by Gasteiger charge is 2.41. The van der Waals surface area contributed by atoms with E-state index in [1.165, 1.54) is 42.5 Å². The van der Waals surface area contributed by atoms with Crippen molar-refractivity contribution < 1.29 is 76.7 Å². The van der Waals surface area contributed by atoms with E-state index in [1.807, 2.05) is 61.5 Å². The van der Waals surface area contributed by atoms with Crippen molar-refractivity contribution in [2.45, 2.75) is 204 Å². The Morgan fingerprint density at radius 2 is 0.804 bits per heavy atom. The second-order valence-electron chi connectivity index (χ2n) is 27.3. The molecule has 0 saturated heterocycles. The highest BCUT2D eigenvalue weighted by molar-refractivity contribution is 6.30. The molecular weight excluding hydrogens is 1240 g/mol. The molecular formula is C67H81ClF11N7O6. The van der Waals surface area contributed by atoms with Gasteiger partial charge in [0, 0.05) is 108 Å². The molecule has 6 atom stereocenters. The standard InChI is InChI=1S/C12H14F3NO.C11H13ClFNO.C11H13F3N2O.C11H13F2NO.2C11H14FNO/c1-11(2)6-9(16)8-4-3-7(12(13,14)15)5-10(8)17-11;1-11(2)5-8(14)6-3-4-7(12)9(13)10(6)15-11;1-10(2)5-7(15)6-3-4-8(11(12,13)14)16-9(6)17-10;1-11(2)5-8(14)6-3-4-7(12)9(13)10(6)15-11;1-11(2)6-9(13)8-5-7(12)3-4-10(8)14-11;1-11(2)6-9(13)7-4-3-5-8(12)10(7)14-11/h3-5,9H,6,16H2,1-2H3;3-4,8H,5,14H2,1-2H3;3-4,7H,5,15H2,1-2H3;3-4,8H,5,14H2,1-2H3;2*3-5,9H,6,13H2,1-2H3/t9-;8-;7-;8-;2*9-/m111111/s1. The van der Waals surface area contributed by atoms with E-state index < -0.39 is 63.5 Å². The van der Waals surface area contributed by atoms with Gasteiger partial charge in [0.05, 0.1) is 10.6 Å². The largest absolute Gasteiger partial charge is 0.487 e. The van der Waals surface area contributed by atoms with E-state index in [2.05, 4.69) is 4.98 Å². The van der Waals surface area contributed by atoms with Gasteiger partial charge in [0.25, 0.3) is 0 Å². The van der Waals surface area contributed by atoms with Crippen molar-refractivity contribution in [2.75, 3.05) is 0 Å². The molecule has 6 aliphatic heterocycles. The molecule has 7 heterocycles. The monoisotopic (exact) mass is 1320 g/mol. The maximum atomic E-state index is 13.7. The highest BCUT2D eigenvalue weighted by atomic mass is 35.5. The van der Waals surface area contributed by atoms with Crippen molar-refractivity contribution in [1.82, 2.24) is 4.98 Å². The van der Waals surface area contributed by atoms with Crippen molar-refractivity contribution in [1.29, 1.82) is 0 Å². The van der Waals surface area contributed by atoms with Gasteiger partial charge in [-0.05, 0) is 144 Å². The van der Waals surface area contributed by atoms with E-state index >= 15 is 0 Å². The third-order valence-electron chi connectivity index (χ3n) is 15.6. The van der Waals surface area contributed by atoms with Crippen LogP contribution in [0.2, 0.25) is 5.02 Å². The highest BCUT2D eigenvalue weighted by Crippen LogP contribution is 2.46. The van der Waals surface area contributed by atoms with Crippen LogP contribution in [-0.4, -0.2) is 38.6 Å². The number of rotatable bonds is 0. The van der Waals surface area contributed by atoms with Crippen LogP contribution in [0, 0.1) is 29.1 Å². The Hall–Kier alpha value is -6.67. The molecule has 504 valence electrons. The van der Waals surface area contributed by atoms with Crippen LogP contribution in [0.15, 0.2) is 91.0 Å². The van der Waals surface area contributed by atoms with Gasteiger partial charge >= 0.3 is 12.4 Å². The van der Waals surface area contributed by atoms with Crippen molar-refractivity contribution in [3.63, 3.8) is 0 Å². The summed E-state index contributed by atoms with van der Waals surface area (Å²) in [4.78, 5) is 3.50. The quantitative estimate of drug-likeness (QED) is 0.0780. The SMILES string of the molecule is CC1(C)C[C@@H](N)c2cc(F)ccc2O1.CC1(C)C[C@@H](N)c2ccc(C(F)(F)F)cc2O1.CC1(C)C[C@@H](N)c2ccc(C(F)(F)F)nc2O1.CC1(C)C[C@@H](N)c2ccc(Cl)c(F)c2O1.CC1(C)C[C@@H](N)c2ccc(F)c(F)c2O1.CC1(C)C[C@@H](N)c2cccc(F)c2O1. The smallest absolute Gasteiger partial charge is 0.433 e. The minimum Gasteiger partial charge on any atom is -0.487 e. The molecule has 0 spiro atoms. The summed E-state index contributed by atoms with van der Waals surface area (Å²) in [5, 5.41) is 0.0682. The summed E-state index contributed by atoms with van der Waals surface area (Å²) in [6, 6.07) is 19.5. The average molecular weight is 1320 g/mol. The summed E-state index contributed by atoms with van der Waals surface area (Å²) in [7, 11) is 0. The van der Waals surface area contributed by atoms with E-state index in [0.717, 1.165) is 35.4 Å². The maximum Gasteiger partial charge on any atom is 0.433 e. The minimum atomic E-state index is -4.47. The van der Waals surface area contributed by atoms with Gasteiger partial charge in [-0.15, -0.1) is 0 Å². The average Bonchev–Trinajstić information content (AvgIpc) is 0.842. The Labute approximate surface area is 533 Å². The zero-order chi connectivity index (χ0) is 68.8. The molecule has 0 aliphatic carbocycles. The number of benzene rings is 5. The fourth-order valence-corrected chi connectivity index (χ4v) is 11.7. The van der Waals surface area contributed by atoms with Gasteiger partial charge in [-0.2, -0.15) is 30.7 Å². The first-order valence-electron chi connectivity index (χ1n) is 29.7. The Morgan fingerprint density at radius 1 is 0.391 bits per heavy atom. The van der Waals surface area contributed by atoms with Crippen LogP contribution in [-0.2, 0) is 12.4 Å². The first kappa shape index (κ1) is 72.8. The lowest BCUT2D eigenvalue weighted by atomic mass is 9.90. The molecule has 0 bridgehead atoms. The van der Waals surface area contributed by atoms with Gasteiger partial charge in [-0.1, -0.05) is 41.9 Å². The predicted octanol–water partition coefficient (Wildman–Crippen LogP) is 16.3. The van der Waals surface area contributed by atoms with Crippen LogP contribution in [0.5, 0.6) is 34.6 Å². The Kier molecular flexibility index (Phi) is 21.3. The lowest BCUT2D eigenvalue weighted by Gasteiger charge is -2.36. The van der Waals surface area contributed by atoms with E-state index in [9.17, 15) is 48.3 Å². The fraction of sp³-hybridized carbons (Fsp3) is 0.478. The number of aromatic nitrogens is 1. The Balaban J connectivity index is 0.000000157. The number of para-hydroxylation sites is 1. The summed E-state index contributed by atoms with van der Waals surface area (Å²) in [5.74, 6) is -1.55. The second-order valence-corrected chi connectivity index (χ2v) is 27.7. The number of hydrogen-bond donors (Lipinski definition) is 6. The predicted molar refractivity (Wildman–Crippen MR) is 329 cm³/mol. The van der Waals surface area contributed by atoms with Crippen LogP contribution >= 0.6 is 11.6 Å². The molecule has 12 rings (SSSR count). The van der Waals surface area contributed by atoms with E-state index in [4.69, 9.17) is 74.4 Å². The molecule has 0 amide bonds. The molecule has 25 heteroatoms. The van der Waals surface area contributed by atoms with Gasteiger partial charge in [-0.25, -0.2) is 22.5 Å². The van der Waals surface area contributed by atoms with Crippen LogP contribution in [0.1, 0.15) is 202 Å². The Bertz CT molecular complexity index is 3460. The number of nitrogens with zero attached hydrogens (tertiary/aromatic N) is 1. The van der Waals surface area contributed by atoms with E-state index in [0.29, 0.717) is 72.3 Å². The van der Waals surface area contributed by atoms with Crippen LogP contribution < -0.4 is 62.8 Å². The normalized spacial score (nSPS) is 23.2. The van der Waals surface area contributed by atoms with Crippen LogP contribution in [0.4, 0.5) is 48.3 Å². The number of halogens is 12. The number of fused-ring (bicyclic) bond motifs is 6. The zero-order valence-electron chi connectivity index (χ0n) is 53.3.